The molecule has 0 aliphatic carbocycles. The summed E-state index contributed by atoms with van der Waals surface area (Å²) in [7, 11) is 3.32. The molecule has 3 atom stereocenters. The van der Waals surface area contributed by atoms with Gasteiger partial charge in [-0.2, -0.15) is 0 Å². The topological polar surface area (TPSA) is 93.9 Å². The molecule has 0 unspecified atom stereocenters. The number of benzene rings is 3. The molecule has 2 aliphatic rings. The Balaban J connectivity index is 1.48. The molecule has 3 aromatic carbocycles. The minimum atomic E-state index is -1.38. The Morgan fingerprint density at radius 2 is 1.86 bits per heavy atom. The first-order valence-corrected chi connectivity index (χ1v) is 11.5. The molecule has 0 radical (unpaired) electrons. The van der Waals surface area contributed by atoms with Crippen LogP contribution in [-0.2, 0) is 16.9 Å². The van der Waals surface area contributed by atoms with Crippen molar-refractivity contribution in [3.63, 3.8) is 0 Å². The number of carbonyl (C=O) groups is 1. The molecule has 3 aromatic rings. The van der Waals surface area contributed by atoms with Crippen molar-refractivity contribution in [2.75, 3.05) is 26.0 Å². The quantitative estimate of drug-likeness (QED) is 0.428. The minimum absolute atomic E-state index is 0.315. The summed E-state index contributed by atoms with van der Waals surface area (Å²) in [6.07, 6.45) is 0. The molecule has 8 nitrogen and oxygen atoms in total. The molecular weight excluding hydrogens is 446 g/mol. The van der Waals surface area contributed by atoms with Crippen LogP contribution >= 0.6 is 0 Å². The van der Waals surface area contributed by atoms with E-state index in [1.807, 2.05) is 49.4 Å². The average molecular weight is 474 g/mol. The van der Waals surface area contributed by atoms with Gasteiger partial charge in [-0.15, -0.1) is 0 Å². The number of anilines is 1. The van der Waals surface area contributed by atoms with E-state index in [2.05, 4.69) is 5.32 Å². The zero-order valence-electron chi connectivity index (χ0n) is 19.9. The predicted molar refractivity (Wildman–Crippen MR) is 131 cm³/mol. The van der Waals surface area contributed by atoms with Crippen LogP contribution in [-0.4, -0.2) is 42.5 Å². The Morgan fingerprint density at radius 1 is 1.11 bits per heavy atom. The Labute approximate surface area is 203 Å². The zero-order chi connectivity index (χ0) is 24.7. The fraction of sp³-hybridized carbons (Fsp3) is 0.296. The fourth-order valence-electron chi connectivity index (χ4n) is 5.46. The lowest BCUT2D eigenvalue weighted by Crippen LogP contribution is -2.54. The number of nitro groups is 1. The number of hydrogen-bond donors (Lipinski definition) is 1. The van der Waals surface area contributed by atoms with Crippen molar-refractivity contribution in [2.45, 2.75) is 31.0 Å². The number of likely N-dealkylation sites (tertiary alicyclic amines) is 1. The van der Waals surface area contributed by atoms with Gasteiger partial charge in [0.15, 0.2) is 17.0 Å². The zero-order valence-corrected chi connectivity index (χ0v) is 19.9. The summed E-state index contributed by atoms with van der Waals surface area (Å²) in [6.45, 7) is 2.75. The van der Waals surface area contributed by atoms with Crippen LogP contribution in [0.3, 0.4) is 0 Å². The number of nitrogens with one attached hydrogen (secondary N) is 1. The number of ether oxygens (including phenoxy) is 2. The summed E-state index contributed by atoms with van der Waals surface area (Å²) in [6, 6.07) is 19.5. The molecule has 2 aliphatic heterocycles. The van der Waals surface area contributed by atoms with Gasteiger partial charge in [0.05, 0.1) is 13.0 Å². The van der Waals surface area contributed by atoms with Crippen molar-refractivity contribution in [3.05, 3.63) is 99.1 Å². The maximum absolute atomic E-state index is 13.3. The number of para-hydroxylation sites is 1. The lowest BCUT2D eigenvalue weighted by atomic mass is 9.79. The fourth-order valence-corrected chi connectivity index (χ4v) is 5.46. The number of amides is 1. The summed E-state index contributed by atoms with van der Waals surface area (Å²) < 4.78 is 11.6. The number of fused-ring (bicyclic) bond motifs is 2. The Kier molecular flexibility index (Phi) is 5.68. The van der Waals surface area contributed by atoms with Gasteiger partial charge in [0.2, 0.25) is 0 Å². The summed E-state index contributed by atoms with van der Waals surface area (Å²) in [5, 5.41) is 15.4. The van der Waals surface area contributed by atoms with Gasteiger partial charge < -0.3 is 14.8 Å². The highest BCUT2D eigenvalue weighted by molar-refractivity contribution is 6.06. The van der Waals surface area contributed by atoms with Crippen LogP contribution in [0.1, 0.15) is 28.2 Å². The Hall–Kier alpha value is -3.91. The molecule has 180 valence electrons. The van der Waals surface area contributed by atoms with Crippen LogP contribution in [0.15, 0.2) is 66.7 Å². The van der Waals surface area contributed by atoms with Crippen LogP contribution in [0.5, 0.6) is 11.5 Å². The summed E-state index contributed by atoms with van der Waals surface area (Å²) in [5.41, 5.74) is 2.82. The van der Waals surface area contributed by atoms with Crippen molar-refractivity contribution in [1.82, 2.24) is 4.90 Å². The molecule has 1 spiro atoms. The van der Waals surface area contributed by atoms with Crippen LogP contribution in [0.4, 0.5) is 5.69 Å². The lowest BCUT2D eigenvalue weighted by Gasteiger charge is -2.30. The van der Waals surface area contributed by atoms with E-state index in [-0.39, 0.29) is 10.8 Å². The first-order valence-electron chi connectivity index (χ1n) is 11.5. The van der Waals surface area contributed by atoms with Crippen molar-refractivity contribution in [1.29, 1.82) is 0 Å². The van der Waals surface area contributed by atoms with E-state index in [0.29, 0.717) is 35.9 Å². The highest BCUT2D eigenvalue weighted by atomic mass is 16.6. The predicted octanol–water partition coefficient (Wildman–Crippen LogP) is 4.10. The van der Waals surface area contributed by atoms with Crippen LogP contribution < -0.4 is 14.8 Å². The van der Waals surface area contributed by atoms with Crippen molar-refractivity contribution < 1.29 is 19.2 Å². The molecule has 8 heteroatoms. The molecule has 35 heavy (non-hydrogen) atoms. The van der Waals surface area contributed by atoms with Gasteiger partial charge in [-0.25, -0.2) is 0 Å². The monoisotopic (exact) mass is 473 g/mol. The number of methoxy groups -OCH3 is 1. The molecular formula is C27H27N3O5. The number of hydrogen-bond acceptors (Lipinski definition) is 6. The second kappa shape index (κ2) is 8.70. The molecule has 1 fully saturated rings. The van der Waals surface area contributed by atoms with Gasteiger partial charge in [-0.3, -0.25) is 19.8 Å². The standard InChI is InChI=1S/C27H27N3O5/c1-17-8-10-18(11-9-17)16-35-23-13-12-19(14-24(23)34-3)20-15-29(2)27(25(20)30(32)33)21-6-4-5-7-22(21)28-26(27)31/h4-14,20,25H,15-16H2,1-3H3,(H,28,31)/t20-,25-,27+/m0/s1. The van der Waals surface area contributed by atoms with Crippen molar-refractivity contribution in [2.24, 2.45) is 0 Å². The summed E-state index contributed by atoms with van der Waals surface area (Å²) >= 11 is 0. The van der Waals surface area contributed by atoms with E-state index in [4.69, 9.17) is 9.47 Å². The van der Waals surface area contributed by atoms with Gasteiger partial charge in [0, 0.05) is 22.7 Å². The molecule has 1 saturated heterocycles. The van der Waals surface area contributed by atoms with Gasteiger partial charge >= 0.3 is 0 Å². The average Bonchev–Trinajstić information content (AvgIpc) is 3.33. The Bertz CT molecular complexity index is 1290. The van der Waals surface area contributed by atoms with E-state index in [0.717, 1.165) is 11.1 Å². The molecule has 0 aromatic heterocycles. The number of rotatable bonds is 6. The number of likely N-dealkylation sites (N-methyl/N-ethyl adjacent to an activating group) is 1. The largest absolute Gasteiger partial charge is 0.493 e. The van der Waals surface area contributed by atoms with Gasteiger partial charge in [-0.1, -0.05) is 54.1 Å². The van der Waals surface area contributed by atoms with Crippen molar-refractivity contribution in [3.8, 4) is 11.5 Å². The van der Waals surface area contributed by atoms with E-state index < -0.39 is 17.5 Å². The van der Waals surface area contributed by atoms with Crippen molar-refractivity contribution >= 4 is 11.6 Å². The van der Waals surface area contributed by atoms with E-state index in [1.54, 1.807) is 43.3 Å². The summed E-state index contributed by atoms with van der Waals surface area (Å²) in [5.74, 6) is 0.165. The highest BCUT2D eigenvalue weighted by Crippen LogP contribution is 2.52. The maximum Gasteiger partial charge on any atom is 0.256 e. The van der Waals surface area contributed by atoms with E-state index in [9.17, 15) is 14.9 Å². The smallest absolute Gasteiger partial charge is 0.256 e. The first kappa shape index (κ1) is 22.9. The third kappa shape index (κ3) is 3.61. The molecule has 5 rings (SSSR count). The minimum Gasteiger partial charge on any atom is -0.493 e. The molecule has 1 N–H and O–H groups in total. The van der Waals surface area contributed by atoms with Crippen LogP contribution in [0.2, 0.25) is 0 Å². The third-order valence-corrected chi connectivity index (χ3v) is 7.17. The molecule has 0 bridgehead atoms. The first-order chi connectivity index (χ1) is 16.9. The number of aryl methyl sites for hydroxylation is 1. The lowest BCUT2D eigenvalue weighted by molar-refractivity contribution is -0.534. The summed E-state index contributed by atoms with van der Waals surface area (Å²) in [4.78, 5) is 27.3. The number of nitrogens with zero attached hydrogens (tertiary/aromatic N) is 2. The van der Waals surface area contributed by atoms with Crippen LogP contribution in [0.25, 0.3) is 0 Å². The maximum atomic E-state index is 13.3. The SMILES string of the molecule is COc1cc([C@@H]2CN(C)[C@@]3(C(=O)Nc4ccccc43)[C@H]2[N+](=O)[O-])ccc1OCc1ccc(C)cc1. The van der Waals surface area contributed by atoms with Crippen LogP contribution in [0, 0.1) is 17.0 Å². The van der Waals surface area contributed by atoms with Gasteiger partial charge in [-0.05, 0) is 43.3 Å². The van der Waals surface area contributed by atoms with Gasteiger partial charge in [0.25, 0.3) is 11.9 Å². The Morgan fingerprint density at radius 3 is 2.57 bits per heavy atom. The molecule has 2 heterocycles. The van der Waals surface area contributed by atoms with Gasteiger partial charge in [0.1, 0.15) is 6.61 Å². The van der Waals surface area contributed by atoms with E-state index in [1.165, 1.54) is 5.56 Å². The second-order valence-electron chi connectivity index (χ2n) is 9.17. The third-order valence-electron chi connectivity index (χ3n) is 7.17. The molecule has 1 amide bonds. The number of carbonyl (C=O) groups excluding carboxylic acids is 1. The highest BCUT2D eigenvalue weighted by Gasteiger charge is 2.68. The molecule has 0 saturated carbocycles. The van der Waals surface area contributed by atoms with E-state index >= 15 is 0 Å². The second-order valence-corrected chi connectivity index (χ2v) is 9.17. The normalized spacial score (nSPS) is 23.2.